The van der Waals surface area contributed by atoms with Crippen LogP contribution in [0.1, 0.15) is 17.5 Å². The van der Waals surface area contributed by atoms with E-state index in [0.717, 1.165) is 38.3 Å². The number of benzene rings is 1. The van der Waals surface area contributed by atoms with Gasteiger partial charge in [-0.2, -0.15) is 5.26 Å². The van der Waals surface area contributed by atoms with Gasteiger partial charge in [0.1, 0.15) is 11.8 Å². The predicted molar refractivity (Wildman–Crippen MR) is 79.9 cm³/mol. The van der Waals surface area contributed by atoms with E-state index in [1.165, 1.54) is 11.1 Å². The largest absolute Gasteiger partial charge is 0.493 e. The fourth-order valence-electron chi connectivity index (χ4n) is 2.45. The molecule has 1 unspecified atom stereocenters. The molecule has 1 aromatic rings. The Bertz CT molecular complexity index is 481. The van der Waals surface area contributed by atoms with Crippen molar-refractivity contribution in [2.24, 2.45) is 0 Å². The summed E-state index contributed by atoms with van der Waals surface area (Å²) in [6.07, 6.45) is 0.950. The number of aryl methyl sites for hydroxylation is 2. The van der Waals surface area contributed by atoms with E-state index in [1.54, 1.807) is 0 Å². The fourth-order valence-corrected chi connectivity index (χ4v) is 2.45. The van der Waals surface area contributed by atoms with E-state index >= 15 is 0 Å². The number of piperazine rings is 1. The number of nitrogens with one attached hydrogen (secondary N) is 1. The molecule has 0 aliphatic carbocycles. The van der Waals surface area contributed by atoms with Crippen molar-refractivity contribution in [3.8, 4) is 11.8 Å². The lowest BCUT2D eigenvalue weighted by Crippen LogP contribution is -2.50. The van der Waals surface area contributed by atoms with Crippen molar-refractivity contribution >= 4 is 0 Å². The summed E-state index contributed by atoms with van der Waals surface area (Å²) >= 11 is 0. The van der Waals surface area contributed by atoms with Crippen LogP contribution in [-0.2, 0) is 0 Å². The Morgan fingerprint density at radius 2 is 2.30 bits per heavy atom. The van der Waals surface area contributed by atoms with E-state index in [1.807, 2.05) is 0 Å². The van der Waals surface area contributed by atoms with Crippen LogP contribution >= 0.6 is 0 Å². The molecule has 1 heterocycles. The molecule has 4 nitrogen and oxygen atoms in total. The van der Waals surface area contributed by atoms with Crippen molar-refractivity contribution < 1.29 is 4.74 Å². The lowest BCUT2D eigenvalue weighted by molar-refractivity contribution is 0.180. The number of rotatable bonds is 5. The zero-order valence-corrected chi connectivity index (χ0v) is 12.4. The second kappa shape index (κ2) is 7.28. The van der Waals surface area contributed by atoms with Crippen LogP contribution in [0.2, 0.25) is 0 Å². The van der Waals surface area contributed by atoms with E-state index < -0.39 is 0 Å². The molecule has 2 rings (SSSR count). The molecule has 0 amide bonds. The average Bonchev–Trinajstić information content (AvgIpc) is 2.47. The van der Waals surface area contributed by atoms with Crippen molar-refractivity contribution in [2.75, 3.05) is 32.8 Å². The standard InChI is InChI=1S/C16H23N3O/c1-13-4-5-14(2)16(10-13)20-9-3-7-19-8-6-18-12-15(19)11-17/h4-5,10,15,18H,3,6-9,12H2,1-2H3. The summed E-state index contributed by atoms with van der Waals surface area (Å²) < 4.78 is 5.85. The Kier molecular flexibility index (Phi) is 5.40. The minimum Gasteiger partial charge on any atom is -0.493 e. The Morgan fingerprint density at radius 3 is 3.10 bits per heavy atom. The van der Waals surface area contributed by atoms with Gasteiger partial charge in [0, 0.05) is 26.2 Å². The highest BCUT2D eigenvalue weighted by molar-refractivity contribution is 5.35. The van der Waals surface area contributed by atoms with E-state index in [4.69, 9.17) is 10.00 Å². The summed E-state index contributed by atoms with van der Waals surface area (Å²) in [7, 11) is 0. The first kappa shape index (κ1) is 14.8. The van der Waals surface area contributed by atoms with Crippen LogP contribution in [0.4, 0.5) is 0 Å². The first-order chi connectivity index (χ1) is 9.70. The molecule has 1 aliphatic rings. The molecule has 108 valence electrons. The summed E-state index contributed by atoms with van der Waals surface area (Å²) in [5, 5.41) is 12.4. The molecular formula is C16H23N3O. The molecule has 0 bridgehead atoms. The van der Waals surface area contributed by atoms with Crippen molar-refractivity contribution in [3.63, 3.8) is 0 Å². The summed E-state index contributed by atoms with van der Waals surface area (Å²) in [6.45, 7) is 8.45. The van der Waals surface area contributed by atoms with Crippen molar-refractivity contribution in [2.45, 2.75) is 26.3 Å². The molecule has 4 heteroatoms. The van der Waals surface area contributed by atoms with Crippen LogP contribution in [0.25, 0.3) is 0 Å². The van der Waals surface area contributed by atoms with Gasteiger partial charge < -0.3 is 10.1 Å². The average molecular weight is 273 g/mol. The number of nitrogens with zero attached hydrogens (tertiary/aromatic N) is 2. The zero-order valence-electron chi connectivity index (χ0n) is 12.4. The minimum absolute atomic E-state index is 0.00413. The topological polar surface area (TPSA) is 48.3 Å². The van der Waals surface area contributed by atoms with Gasteiger partial charge in [-0.1, -0.05) is 12.1 Å². The highest BCUT2D eigenvalue weighted by Crippen LogP contribution is 2.19. The third-order valence-corrected chi connectivity index (χ3v) is 3.69. The maximum absolute atomic E-state index is 9.10. The van der Waals surface area contributed by atoms with Gasteiger partial charge in [-0.05, 0) is 37.5 Å². The maximum atomic E-state index is 9.10. The third-order valence-electron chi connectivity index (χ3n) is 3.69. The first-order valence-corrected chi connectivity index (χ1v) is 7.25. The van der Waals surface area contributed by atoms with Crippen LogP contribution in [-0.4, -0.2) is 43.7 Å². The Hall–Kier alpha value is -1.57. The lowest BCUT2D eigenvalue weighted by Gasteiger charge is -2.31. The number of hydrogen-bond acceptors (Lipinski definition) is 4. The molecule has 0 saturated carbocycles. The summed E-state index contributed by atoms with van der Waals surface area (Å²) in [4.78, 5) is 2.24. The Labute approximate surface area is 121 Å². The van der Waals surface area contributed by atoms with Gasteiger partial charge in [0.2, 0.25) is 0 Å². The number of ether oxygens (including phenoxy) is 1. The first-order valence-electron chi connectivity index (χ1n) is 7.25. The van der Waals surface area contributed by atoms with Gasteiger partial charge in [-0.3, -0.25) is 4.90 Å². The normalized spacial score (nSPS) is 19.6. The van der Waals surface area contributed by atoms with Crippen LogP contribution in [0.15, 0.2) is 18.2 Å². The second-order valence-corrected chi connectivity index (χ2v) is 5.36. The predicted octanol–water partition coefficient (Wildman–Crippen LogP) is 1.87. The molecule has 1 fully saturated rings. The fraction of sp³-hybridized carbons (Fsp3) is 0.562. The maximum Gasteiger partial charge on any atom is 0.122 e. The number of hydrogen-bond donors (Lipinski definition) is 1. The van der Waals surface area contributed by atoms with Gasteiger partial charge in [-0.25, -0.2) is 0 Å². The van der Waals surface area contributed by atoms with Crippen LogP contribution in [0.5, 0.6) is 5.75 Å². The SMILES string of the molecule is Cc1ccc(C)c(OCCCN2CCNCC2C#N)c1. The molecule has 0 radical (unpaired) electrons. The van der Waals surface area contributed by atoms with Gasteiger partial charge in [0.25, 0.3) is 0 Å². The Balaban J connectivity index is 1.76. The zero-order chi connectivity index (χ0) is 14.4. The van der Waals surface area contributed by atoms with Gasteiger partial charge in [0.15, 0.2) is 0 Å². The highest BCUT2D eigenvalue weighted by atomic mass is 16.5. The van der Waals surface area contributed by atoms with Crippen molar-refractivity contribution in [1.82, 2.24) is 10.2 Å². The van der Waals surface area contributed by atoms with Crippen LogP contribution in [0, 0.1) is 25.2 Å². The van der Waals surface area contributed by atoms with Crippen LogP contribution < -0.4 is 10.1 Å². The molecular weight excluding hydrogens is 250 g/mol. The second-order valence-electron chi connectivity index (χ2n) is 5.36. The Morgan fingerprint density at radius 1 is 1.45 bits per heavy atom. The van der Waals surface area contributed by atoms with E-state index in [2.05, 4.69) is 48.3 Å². The monoisotopic (exact) mass is 273 g/mol. The van der Waals surface area contributed by atoms with Crippen molar-refractivity contribution in [1.29, 1.82) is 5.26 Å². The summed E-state index contributed by atoms with van der Waals surface area (Å²) in [6, 6.07) is 8.63. The van der Waals surface area contributed by atoms with Gasteiger partial charge >= 0.3 is 0 Å². The van der Waals surface area contributed by atoms with E-state index in [9.17, 15) is 0 Å². The summed E-state index contributed by atoms with van der Waals surface area (Å²) in [5.41, 5.74) is 2.39. The molecule has 1 saturated heterocycles. The molecule has 1 N–H and O–H groups in total. The van der Waals surface area contributed by atoms with E-state index in [0.29, 0.717) is 6.61 Å². The van der Waals surface area contributed by atoms with Gasteiger partial charge in [-0.15, -0.1) is 0 Å². The lowest BCUT2D eigenvalue weighted by atomic mass is 10.1. The highest BCUT2D eigenvalue weighted by Gasteiger charge is 2.20. The minimum atomic E-state index is 0.00413. The molecule has 0 spiro atoms. The molecule has 20 heavy (non-hydrogen) atoms. The molecule has 1 atom stereocenters. The third kappa shape index (κ3) is 3.96. The smallest absolute Gasteiger partial charge is 0.122 e. The molecule has 1 aliphatic heterocycles. The van der Waals surface area contributed by atoms with Crippen LogP contribution in [0.3, 0.4) is 0 Å². The quantitative estimate of drug-likeness (QED) is 0.832. The summed E-state index contributed by atoms with van der Waals surface area (Å²) in [5.74, 6) is 0.974. The molecule has 0 aromatic heterocycles. The number of nitriles is 1. The molecule has 1 aromatic carbocycles. The van der Waals surface area contributed by atoms with Crippen molar-refractivity contribution in [3.05, 3.63) is 29.3 Å². The van der Waals surface area contributed by atoms with E-state index in [-0.39, 0.29) is 6.04 Å². The van der Waals surface area contributed by atoms with Gasteiger partial charge in [0.05, 0.1) is 12.7 Å².